The van der Waals surface area contributed by atoms with E-state index in [0.717, 1.165) is 10.4 Å². The van der Waals surface area contributed by atoms with E-state index in [1.807, 2.05) is 0 Å². The van der Waals surface area contributed by atoms with Gasteiger partial charge in [0.1, 0.15) is 17.7 Å². The molecule has 28 heavy (non-hydrogen) atoms. The van der Waals surface area contributed by atoms with Gasteiger partial charge in [-0.1, -0.05) is 17.7 Å². The van der Waals surface area contributed by atoms with Gasteiger partial charge >= 0.3 is 0 Å². The maximum absolute atomic E-state index is 13.9. The van der Waals surface area contributed by atoms with Crippen LogP contribution < -0.4 is 10.0 Å². The lowest BCUT2D eigenvalue weighted by Gasteiger charge is -2.36. The van der Waals surface area contributed by atoms with Crippen molar-refractivity contribution < 1.29 is 22.0 Å². The molecular weight excluding hydrogens is 480 g/mol. The molecule has 1 fully saturated rings. The Kier molecular flexibility index (Phi) is 6.06. The van der Waals surface area contributed by atoms with Crippen molar-refractivity contribution in [2.75, 3.05) is 12.4 Å². The van der Waals surface area contributed by atoms with E-state index in [1.54, 1.807) is 6.07 Å². The highest BCUT2D eigenvalue weighted by Crippen LogP contribution is 2.30. The summed E-state index contributed by atoms with van der Waals surface area (Å²) in [6.45, 7) is 0. The molecule has 1 heterocycles. The molecular formula is C17H15BrClF2N3O3S. The van der Waals surface area contributed by atoms with Crippen LogP contribution in [-0.4, -0.2) is 31.7 Å². The van der Waals surface area contributed by atoms with Crippen LogP contribution >= 0.6 is 27.5 Å². The minimum Gasteiger partial charge on any atom is -0.325 e. The van der Waals surface area contributed by atoms with Gasteiger partial charge < -0.3 is 5.32 Å². The minimum absolute atomic E-state index is 0.0670. The molecule has 0 saturated carbocycles. The molecule has 2 N–H and O–H groups in total. The van der Waals surface area contributed by atoms with E-state index in [2.05, 4.69) is 26.0 Å². The number of rotatable bonds is 3. The van der Waals surface area contributed by atoms with Gasteiger partial charge in [0.25, 0.3) is 10.2 Å². The highest BCUT2D eigenvalue weighted by molar-refractivity contribution is 9.10. The Labute approximate surface area is 174 Å². The zero-order valence-electron chi connectivity index (χ0n) is 14.4. The fourth-order valence-electron chi connectivity index (χ4n) is 2.86. The van der Waals surface area contributed by atoms with Crippen LogP contribution in [0.2, 0.25) is 5.02 Å². The number of nitrogens with zero attached hydrogens (tertiary/aromatic N) is 1. The predicted molar refractivity (Wildman–Crippen MR) is 105 cm³/mol. The van der Waals surface area contributed by atoms with Crippen molar-refractivity contribution in [1.29, 1.82) is 0 Å². The van der Waals surface area contributed by atoms with Gasteiger partial charge in [-0.3, -0.25) is 4.79 Å². The summed E-state index contributed by atoms with van der Waals surface area (Å²) in [5.74, 6) is -1.80. The van der Waals surface area contributed by atoms with E-state index >= 15 is 0 Å². The van der Waals surface area contributed by atoms with Gasteiger partial charge in [0.05, 0.1) is 15.5 Å². The number of hydrogen-bond acceptors (Lipinski definition) is 3. The molecule has 11 heteroatoms. The van der Waals surface area contributed by atoms with Gasteiger partial charge in [-0.05, 0) is 58.2 Å². The summed E-state index contributed by atoms with van der Waals surface area (Å²) in [6, 6.07) is 6.02. The molecule has 1 aliphatic rings. The van der Waals surface area contributed by atoms with Gasteiger partial charge in [0, 0.05) is 12.7 Å². The number of amides is 1. The lowest BCUT2D eigenvalue weighted by molar-refractivity contribution is -0.120. The van der Waals surface area contributed by atoms with Crippen LogP contribution in [-0.2, 0) is 15.0 Å². The molecule has 0 aliphatic carbocycles. The summed E-state index contributed by atoms with van der Waals surface area (Å²) >= 11 is 8.75. The van der Waals surface area contributed by atoms with Gasteiger partial charge in [0.15, 0.2) is 0 Å². The first-order valence-corrected chi connectivity index (χ1v) is 10.7. The number of likely N-dealkylation sites (N-methyl/N-ethyl adjacent to an activating group) is 1. The van der Waals surface area contributed by atoms with E-state index in [0.29, 0.717) is 5.56 Å². The van der Waals surface area contributed by atoms with E-state index in [1.165, 1.54) is 31.3 Å². The predicted octanol–water partition coefficient (Wildman–Crippen LogP) is 3.60. The molecule has 0 radical (unpaired) electrons. The number of halogens is 4. The molecule has 1 aliphatic heterocycles. The third kappa shape index (κ3) is 4.36. The molecule has 1 amide bonds. The standard InChI is InChI=1S/C17H15BrClF2N3O3S/c1-24-16(17(25)22-10-3-5-13(20)12(19)7-10)8-15(23-28(24,26)27)9-2-4-11(18)14(21)6-9/h2-7,15-16,23H,8H2,1H3,(H,22,25)/t15-,16+/m0/s1. The summed E-state index contributed by atoms with van der Waals surface area (Å²) < 4.78 is 55.6. The highest BCUT2D eigenvalue weighted by atomic mass is 79.9. The summed E-state index contributed by atoms with van der Waals surface area (Å²) in [5, 5.41) is 2.36. The zero-order chi connectivity index (χ0) is 20.6. The van der Waals surface area contributed by atoms with E-state index in [-0.39, 0.29) is 21.6 Å². The fourth-order valence-corrected chi connectivity index (χ4v) is 4.56. The molecule has 6 nitrogen and oxygen atoms in total. The van der Waals surface area contributed by atoms with Crippen LogP contribution in [0.1, 0.15) is 18.0 Å². The van der Waals surface area contributed by atoms with Gasteiger partial charge in [-0.2, -0.15) is 17.4 Å². The van der Waals surface area contributed by atoms with Gasteiger partial charge in [-0.15, -0.1) is 0 Å². The number of anilines is 1. The van der Waals surface area contributed by atoms with Crippen molar-refractivity contribution >= 4 is 49.3 Å². The topological polar surface area (TPSA) is 78.5 Å². The number of hydrogen-bond donors (Lipinski definition) is 2. The average Bonchev–Trinajstić information content (AvgIpc) is 2.62. The maximum atomic E-state index is 13.9. The Hall–Kier alpha value is -1.59. The molecule has 1 saturated heterocycles. The summed E-state index contributed by atoms with van der Waals surface area (Å²) in [4.78, 5) is 12.7. The first-order chi connectivity index (χ1) is 13.1. The van der Waals surface area contributed by atoms with Gasteiger partial charge in [-0.25, -0.2) is 8.78 Å². The van der Waals surface area contributed by atoms with Crippen molar-refractivity contribution in [1.82, 2.24) is 9.03 Å². The number of nitrogens with one attached hydrogen (secondary N) is 2. The molecule has 3 rings (SSSR count). The van der Waals surface area contributed by atoms with E-state index in [9.17, 15) is 22.0 Å². The van der Waals surface area contributed by atoms with Crippen molar-refractivity contribution in [3.63, 3.8) is 0 Å². The van der Waals surface area contributed by atoms with E-state index < -0.39 is 39.8 Å². The fraction of sp³-hybridized carbons (Fsp3) is 0.235. The molecule has 2 aromatic rings. The zero-order valence-corrected chi connectivity index (χ0v) is 17.6. The maximum Gasteiger partial charge on any atom is 0.280 e. The second kappa shape index (κ2) is 8.03. The molecule has 2 atom stereocenters. The monoisotopic (exact) mass is 493 g/mol. The van der Waals surface area contributed by atoms with Crippen molar-refractivity contribution in [3.05, 3.63) is 63.1 Å². The molecule has 0 bridgehead atoms. The minimum atomic E-state index is -3.98. The summed E-state index contributed by atoms with van der Waals surface area (Å²) in [7, 11) is -2.71. The normalized spacial score (nSPS) is 22.0. The van der Waals surface area contributed by atoms with E-state index in [4.69, 9.17) is 11.6 Å². The highest BCUT2D eigenvalue weighted by Gasteiger charge is 2.40. The molecule has 0 unspecified atom stereocenters. The smallest absolute Gasteiger partial charge is 0.280 e. The average molecular weight is 495 g/mol. The first kappa shape index (κ1) is 21.1. The number of carbonyl (C=O) groups is 1. The first-order valence-electron chi connectivity index (χ1n) is 8.04. The molecule has 0 spiro atoms. The van der Waals surface area contributed by atoms with Crippen LogP contribution in [0, 0.1) is 11.6 Å². The SMILES string of the molecule is CN1[C@@H](C(=O)Nc2ccc(F)c(Cl)c2)C[C@@H](c2ccc(Br)c(F)c2)NS1(=O)=O. The second-order valence-corrected chi connectivity index (χ2v) is 9.26. The quantitative estimate of drug-likeness (QED) is 0.684. The number of benzene rings is 2. The summed E-state index contributed by atoms with van der Waals surface area (Å²) in [5.41, 5.74) is 0.618. The van der Waals surface area contributed by atoms with Crippen LogP contribution in [0.3, 0.4) is 0 Å². The van der Waals surface area contributed by atoms with Crippen molar-refractivity contribution in [3.8, 4) is 0 Å². The third-order valence-electron chi connectivity index (χ3n) is 4.40. The van der Waals surface area contributed by atoms with Crippen LogP contribution in [0.15, 0.2) is 40.9 Å². The van der Waals surface area contributed by atoms with Crippen LogP contribution in [0.4, 0.5) is 14.5 Å². The Morgan fingerprint density at radius 2 is 1.96 bits per heavy atom. The molecule has 2 aromatic carbocycles. The van der Waals surface area contributed by atoms with Crippen molar-refractivity contribution in [2.24, 2.45) is 0 Å². The Bertz CT molecular complexity index is 1040. The number of carbonyl (C=O) groups excluding carboxylic acids is 1. The largest absolute Gasteiger partial charge is 0.325 e. The van der Waals surface area contributed by atoms with Crippen LogP contribution in [0.25, 0.3) is 0 Å². The Morgan fingerprint density at radius 1 is 1.25 bits per heavy atom. The molecule has 150 valence electrons. The van der Waals surface area contributed by atoms with Crippen LogP contribution in [0.5, 0.6) is 0 Å². The Morgan fingerprint density at radius 3 is 2.61 bits per heavy atom. The summed E-state index contributed by atoms with van der Waals surface area (Å²) in [6.07, 6.45) is 0.0670. The lowest BCUT2D eigenvalue weighted by Crippen LogP contribution is -2.55. The lowest BCUT2D eigenvalue weighted by atomic mass is 9.99. The molecule has 0 aromatic heterocycles. The second-order valence-electron chi connectivity index (χ2n) is 6.23. The third-order valence-corrected chi connectivity index (χ3v) is 6.93. The Balaban J connectivity index is 1.86. The van der Waals surface area contributed by atoms with Gasteiger partial charge in [0.2, 0.25) is 5.91 Å². The van der Waals surface area contributed by atoms with Crippen molar-refractivity contribution in [2.45, 2.75) is 18.5 Å².